The van der Waals surface area contributed by atoms with Gasteiger partial charge in [-0.25, -0.2) is 4.98 Å². The third kappa shape index (κ3) is 8.10. The van der Waals surface area contributed by atoms with Crippen molar-refractivity contribution in [3.63, 3.8) is 0 Å². The Bertz CT molecular complexity index is 1700. The van der Waals surface area contributed by atoms with Crippen molar-refractivity contribution >= 4 is 34.3 Å². The van der Waals surface area contributed by atoms with Crippen LogP contribution in [0.5, 0.6) is 11.5 Å². The quantitative estimate of drug-likeness (QED) is 0.0990. The zero-order chi connectivity index (χ0) is 31.6. The number of alkyl halides is 2. The van der Waals surface area contributed by atoms with E-state index >= 15 is 0 Å². The Morgan fingerprint density at radius 2 is 1.38 bits per heavy atom. The molecule has 3 aromatic carbocycles. The second kappa shape index (κ2) is 15.4. The number of fused-ring (bicyclic) bond motifs is 1. The summed E-state index contributed by atoms with van der Waals surface area (Å²) in [6, 6.07) is 25.4. The SMILES string of the molecule is COc1ccc(CN(Cc2ccc(OC)cc2)c2nc(NCCCCF)c3c(=O)n(Cc4ccc(CCl)cc4)ccc3n2)cc1. The molecule has 0 aliphatic carbocycles. The number of aromatic nitrogens is 3. The van der Waals surface area contributed by atoms with E-state index in [-0.39, 0.29) is 5.56 Å². The van der Waals surface area contributed by atoms with Gasteiger partial charge in [0.2, 0.25) is 5.95 Å². The molecule has 1 N–H and O–H groups in total. The zero-order valence-corrected chi connectivity index (χ0v) is 26.3. The van der Waals surface area contributed by atoms with Crippen molar-refractivity contribution < 1.29 is 13.9 Å². The summed E-state index contributed by atoms with van der Waals surface area (Å²) in [7, 11) is 3.28. The first-order valence-corrected chi connectivity index (χ1v) is 15.4. The van der Waals surface area contributed by atoms with E-state index in [4.69, 9.17) is 31.0 Å². The number of anilines is 2. The number of halogens is 2. The van der Waals surface area contributed by atoms with Gasteiger partial charge in [-0.2, -0.15) is 4.98 Å². The Morgan fingerprint density at radius 1 is 0.800 bits per heavy atom. The minimum atomic E-state index is -0.399. The van der Waals surface area contributed by atoms with Crippen LogP contribution in [0.1, 0.15) is 35.1 Å². The molecule has 0 aliphatic heterocycles. The molecule has 0 saturated carbocycles. The number of hydrogen-bond donors (Lipinski definition) is 1. The van der Waals surface area contributed by atoms with E-state index in [0.29, 0.717) is 67.6 Å². The van der Waals surface area contributed by atoms with Crippen molar-refractivity contribution in [2.45, 2.75) is 38.4 Å². The Labute approximate surface area is 267 Å². The van der Waals surface area contributed by atoms with Gasteiger partial charge in [0.05, 0.1) is 33.0 Å². The van der Waals surface area contributed by atoms with Gasteiger partial charge < -0.3 is 24.3 Å². The lowest BCUT2D eigenvalue weighted by Gasteiger charge is -2.24. The minimum absolute atomic E-state index is 0.203. The monoisotopic (exact) mass is 629 g/mol. The first-order valence-electron chi connectivity index (χ1n) is 14.9. The maximum Gasteiger partial charge on any atom is 0.264 e. The van der Waals surface area contributed by atoms with Crippen molar-refractivity contribution in [1.82, 2.24) is 14.5 Å². The summed E-state index contributed by atoms with van der Waals surface area (Å²) in [5.74, 6) is 2.87. The third-order valence-corrected chi connectivity index (χ3v) is 7.85. The molecule has 234 valence electrons. The van der Waals surface area contributed by atoms with Crippen LogP contribution < -0.4 is 25.2 Å². The molecule has 0 radical (unpaired) electrons. The number of rotatable bonds is 15. The number of nitrogens with one attached hydrogen (secondary N) is 1. The standard InChI is InChI=1S/C35H37ClFN5O3/c1-44-29-13-9-27(10-14-29)23-42(24-28-11-15-30(45-2)16-12-28)35-39-31-17-20-41(22-26-7-5-25(21-36)6-8-26)34(43)32(31)33(40-35)38-19-4-3-18-37/h5-17,20H,3-4,18-19,21-24H2,1-2H3,(H,38,39,40). The molecule has 0 saturated heterocycles. The fraction of sp³-hybridized carbons (Fsp3) is 0.286. The second-order valence-electron chi connectivity index (χ2n) is 10.7. The Morgan fingerprint density at radius 3 is 1.93 bits per heavy atom. The van der Waals surface area contributed by atoms with Crippen molar-refractivity contribution in [2.24, 2.45) is 0 Å². The molecule has 8 nitrogen and oxygen atoms in total. The van der Waals surface area contributed by atoms with Gasteiger partial charge in [-0.3, -0.25) is 9.18 Å². The number of pyridine rings is 1. The smallest absolute Gasteiger partial charge is 0.264 e. The number of nitrogens with zero attached hydrogens (tertiary/aromatic N) is 4. The molecule has 0 amide bonds. The fourth-order valence-electron chi connectivity index (χ4n) is 5.02. The highest BCUT2D eigenvalue weighted by Gasteiger charge is 2.18. The summed E-state index contributed by atoms with van der Waals surface area (Å²) in [5, 5.41) is 3.71. The van der Waals surface area contributed by atoms with Crippen LogP contribution in [-0.4, -0.2) is 42.0 Å². The number of ether oxygens (including phenoxy) is 2. The summed E-state index contributed by atoms with van der Waals surface area (Å²) >= 11 is 5.95. The van der Waals surface area contributed by atoms with Gasteiger partial charge in [0, 0.05) is 31.7 Å². The van der Waals surface area contributed by atoms with Crippen LogP contribution in [0.3, 0.4) is 0 Å². The molecule has 0 fully saturated rings. The Kier molecular flexibility index (Phi) is 10.9. The van der Waals surface area contributed by atoms with E-state index in [9.17, 15) is 9.18 Å². The Hall–Kier alpha value is -4.63. The molecule has 45 heavy (non-hydrogen) atoms. The van der Waals surface area contributed by atoms with Gasteiger partial charge in [0.25, 0.3) is 5.56 Å². The summed E-state index contributed by atoms with van der Waals surface area (Å²) in [5.41, 5.74) is 4.40. The average molecular weight is 630 g/mol. The average Bonchev–Trinajstić information content (AvgIpc) is 3.08. The first kappa shape index (κ1) is 31.8. The molecule has 0 spiro atoms. The molecule has 0 aliphatic rings. The number of benzene rings is 3. The van der Waals surface area contributed by atoms with Gasteiger partial charge in [0.1, 0.15) is 22.7 Å². The third-order valence-electron chi connectivity index (χ3n) is 7.54. The molecule has 2 aromatic heterocycles. The largest absolute Gasteiger partial charge is 0.497 e. The molecular weight excluding hydrogens is 593 g/mol. The summed E-state index contributed by atoms with van der Waals surface area (Å²) in [6.07, 6.45) is 2.79. The molecule has 10 heteroatoms. The number of hydrogen-bond acceptors (Lipinski definition) is 7. The normalized spacial score (nSPS) is 11.0. The number of methoxy groups -OCH3 is 2. The van der Waals surface area contributed by atoms with Crippen molar-refractivity contribution in [3.8, 4) is 11.5 Å². The molecule has 0 bridgehead atoms. The van der Waals surface area contributed by atoms with Crippen LogP contribution in [-0.2, 0) is 25.5 Å². The van der Waals surface area contributed by atoms with E-state index in [0.717, 1.165) is 33.8 Å². The molecule has 5 aromatic rings. The van der Waals surface area contributed by atoms with Gasteiger partial charge >= 0.3 is 0 Å². The highest BCUT2D eigenvalue weighted by atomic mass is 35.5. The van der Waals surface area contributed by atoms with Crippen LogP contribution in [0, 0.1) is 0 Å². The van der Waals surface area contributed by atoms with Crippen LogP contribution in [0.15, 0.2) is 89.9 Å². The van der Waals surface area contributed by atoms with Crippen LogP contribution in [0.2, 0.25) is 0 Å². The summed E-state index contributed by atoms with van der Waals surface area (Å²) in [4.78, 5) is 25.8. The van der Waals surface area contributed by atoms with E-state index in [2.05, 4.69) is 10.2 Å². The Balaban J connectivity index is 1.55. The summed E-state index contributed by atoms with van der Waals surface area (Å²) in [6.45, 7) is 1.49. The van der Waals surface area contributed by atoms with E-state index < -0.39 is 6.67 Å². The van der Waals surface area contributed by atoms with Crippen LogP contribution >= 0.6 is 11.6 Å². The molecule has 2 heterocycles. The zero-order valence-electron chi connectivity index (χ0n) is 25.5. The van der Waals surface area contributed by atoms with E-state index in [1.54, 1.807) is 25.0 Å². The second-order valence-corrected chi connectivity index (χ2v) is 11.0. The van der Waals surface area contributed by atoms with Gasteiger partial charge in [-0.05, 0) is 65.4 Å². The highest BCUT2D eigenvalue weighted by molar-refractivity contribution is 6.17. The highest BCUT2D eigenvalue weighted by Crippen LogP contribution is 2.25. The minimum Gasteiger partial charge on any atom is -0.497 e. The maximum atomic E-state index is 13.9. The molecular formula is C35H37ClFN5O3. The van der Waals surface area contributed by atoms with E-state index in [1.165, 1.54) is 0 Å². The topological polar surface area (TPSA) is 81.5 Å². The lowest BCUT2D eigenvalue weighted by Crippen LogP contribution is -2.27. The van der Waals surface area contributed by atoms with Crippen LogP contribution in [0.25, 0.3) is 10.9 Å². The van der Waals surface area contributed by atoms with Gasteiger partial charge in [-0.15, -0.1) is 11.6 Å². The van der Waals surface area contributed by atoms with Gasteiger partial charge in [-0.1, -0.05) is 48.5 Å². The summed E-state index contributed by atoms with van der Waals surface area (Å²) < 4.78 is 25.2. The lowest BCUT2D eigenvalue weighted by atomic mass is 10.1. The lowest BCUT2D eigenvalue weighted by molar-refractivity contribution is 0.414. The van der Waals surface area contributed by atoms with Gasteiger partial charge in [0.15, 0.2) is 0 Å². The first-order chi connectivity index (χ1) is 22.0. The van der Waals surface area contributed by atoms with E-state index in [1.807, 2.05) is 78.9 Å². The van der Waals surface area contributed by atoms with Crippen molar-refractivity contribution in [1.29, 1.82) is 0 Å². The van der Waals surface area contributed by atoms with Crippen LogP contribution in [0.4, 0.5) is 16.2 Å². The predicted molar refractivity (Wildman–Crippen MR) is 178 cm³/mol. The fourth-order valence-corrected chi connectivity index (χ4v) is 5.20. The maximum absolute atomic E-state index is 13.9. The molecule has 0 atom stereocenters. The molecule has 0 unspecified atom stereocenters. The van der Waals surface area contributed by atoms with Crippen molar-refractivity contribution in [3.05, 3.63) is 118 Å². The van der Waals surface area contributed by atoms with Crippen molar-refractivity contribution in [2.75, 3.05) is 37.7 Å². The predicted octanol–water partition coefficient (Wildman–Crippen LogP) is 6.96. The molecule has 5 rings (SSSR count). The number of unbranched alkanes of at least 4 members (excludes halogenated alkanes) is 1.